The largest absolute Gasteiger partial charge is 0.469 e. The number of nitrogens with zero attached hydrogens (tertiary/aromatic N) is 3. The highest BCUT2D eigenvalue weighted by Crippen LogP contribution is 2.43. The maximum absolute atomic E-state index is 13.7. The fraction of sp³-hybridized carbons (Fsp3) is 0.292. The molecule has 2 heterocycles. The number of thioether (sulfide) groups is 1. The molecule has 1 aromatic heterocycles. The highest BCUT2D eigenvalue weighted by atomic mass is 35.5. The monoisotopic (exact) mass is 1010 g/mol. The molecule has 1 aliphatic heterocycles. The zero-order valence-corrected chi connectivity index (χ0v) is 41.6. The van der Waals surface area contributed by atoms with E-state index in [4.69, 9.17) is 11.6 Å². The first-order chi connectivity index (χ1) is 31.8. The Balaban J connectivity index is 1.03. The van der Waals surface area contributed by atoms with Crippen LogP contribution in [0.5, 0.6) is 0 Å². The van der Waals surface area contributed by atoms with Crippen LogP contribution in [0.4, 0.5) is 22.7 Å². The van der Waals surface area contributed by atoms with E-state index in [1.807, 2.05) is 66.7 Å². The number of sulfone groups is 1. The van der Waals surface area contributed by atoms with Gasteiger partial charge >= 0.3 is 7.82 Å². The Kier molecular flexibility index (Phi) is 15.9. The normalized spacial score (nSPS) is 14.1. The second-order valence-corrected chi connectivity index (χ2v) is 23.0. The minimum Gasteiger partial charge on any atom is -0.392 e. The number of aromatic nitrogens is 1. The smallest absolute Gasteiger partial charge is 0.392 e. The number of nitrogens with one attached hydrogen (secondary N) is 2. The summed E-state index contributed by atoms with van der Waals surface area (Å²) in [6.45, 7) is 8.85. The lowest BCUT2D eigenvalue weighted by Crippen LogP contribution is -2.46. The predicted octanol–water partition coefficient (Wildman–Crippen LogP) is 9.46. The van der Waals surface area contributed by atoms with E-state index in [9.17, 15) is 36.3 Å². The molecule has 6 aromatic rings. The van der Waals surface area contributed by atoms with Gasteiger partial charge in [-0.25, -0.2) is 21.4 Å². The van der Waals surface area contributed by atoms with Gasteiger partial charge < -0.3 is 34.6 Å². The van der Waals surface area contributed by atoms with Gasteiger partial charge in [0.1, 0.15) is 0 Å². The van der Waals surface area contributed by atoms with E-state index in [0.29, 0.717) is 29.6 Å². The number of hydrogen-bond acceptors (Lipinski definition) is 11. The minimum atomic E-state index is -4.74. The Morgan fingerprint density at radius 1 is 0.806 bits per heavy atom. The summed E-state index contributed by atoms with van der Waals surface area (Å²) in [5.74, 6) is 0.382. The average molecular weight is 1010 g/mol. The van der Waals surface area contributed by atoms with E-state index in [1.165, 1.54) is 23.9 Å². The Bertz CT molecular complexity index is 2940. The summed E-state index contributed by atoms with van der Waals surface area (Å²) in [4.78, 5) is 23.4. The summed E-state index contributed by atoms with van der Waals surface area (Å²) in [5, 5.41) is 14.5. The molecule has 67 heavy (non-hydrogen) atoms. The Hall–Kier alpha value is -4.81. The molecule has 0 amide bonds. The van der Waals surface area contributed by atoms with Crippen LogP contribution in [0, 0.1) is 6.92 Å². The van der Waals surface area contributed by atoms with Crippen LogP contribution in [0.1, 0.15) is 37.6 Å². The highest BCUT2D eigenvalue weighted by Gasteiger charge is 2.27. The fourth-order valence-electron chi connectivity index (χ4n) is 8.37. The first-order valence-corrected chi connectivity index (χ1v) is 27.9. The van der Waals surface area contributed by atoms with Crippen molar-refractivity contribution in [2.75, 3.05) is 64.6 Å². The van der Waals surface area contributed by atoms with Crippen LogP contribution in [0.15, 0.2) is 136 Å². The zero-order valence-electron chi connectivity index (χ0n) is 37.5. The minimum absolute atomic E-state index is 0.0960. The standard InChI is InChI=1S/C48H55ClN5O9PS3/c1-33(2)54-34(3)44(31-55)47(48(54)35-13-15-37(49)16-14-35)36-9-8-10-41(29-36)53-26-24-52(25-27-53)40-19-17-38(18-20-40)51-67(61,62)43-21-22-45(46(30-43)66(4,59)60)50-39(23-28-63-64(56,57)58)32-65-42-11-6-5-7-12-42/h5-22,29-30,33,39,50-51,55H,23-28,31-32H2,1-4H3,(H2,56,57,58)/t39-/m1/s1. The topological polar surface area (TPSA) is 191 Å². The summed E-state index contributed by atoms with van der Waals surface area (Å²) in [5.41, 5.74) is 8.41. The van der Waals surface area contributed by atoms with Crippen LogP contribution in [-0.4, -0.2) is 87.1 Å². The maximum atomic E-state index is 13.7. The van der Waals surface area contributed by atoms with E-state index in [1.54, 1.807) is 12.1 Å². The lowest BCUT2D eigenvalue weighted by molar-refractivity contribution is 0.193. The molecule has 0 unspecified atom stereocenters. The van der Waals surface area contributed by atoms with Crippen LogP contribution in [-0.2, 0) is 35.6 Å². The molecule has 356 valence electrons. The van der Waals surface area contributed by atoms with Gasteiger partial charge in [0.25, 0.3) is 10.0 Å². The van der Waals surface area contributed by atoms with Crippen molar-refractivity contribution in [1.82, 2.24) is 4.57 Å². The van der Waals surface area contributed by atoms with Crippen molar-refractivity contribution < 1.29 is 40.8 Å². The molecule has 0 radical (unpaired) electrons. The van der Waals surface area contributed by atoms with E-state index >= 15 is 0 Å². The first kappa shape index (κ1) is 50.1. The highest BCUT2D eigenvalue weighted by molar-refractivity contribution is 7.99. The molecule has 1 saturated heterocycles. The molecule has 14 nitrogen and oxygen atoms in total. The van der Waals surface area contributed by atoms with Gasteiger partial charge in [-0.2, -0.15) is 0 Å². The summed E-state index contributed by atoms with van der Waals surface area (Å²) in [6.07, 6.45) is 1.10. The van der Waals surface area contributed by atoms with Gasteiger partial charge in [0.15, 0.2) is 9.84 Å². The molecule has 0 saturated carbocycles. The molecular formula is C48H55ClN5O9PS3. The number of aliphatic hydroxyl groups is 1. The van der Waals surface area contributed by atoms with Crippen LogP contribution in [0.25, 0.3) is 22.4 Å². The summed E-state index contributed by atoms with van der Waals surface area (Å²) in [7, 11) is -12.9. The van der Waals surface area contributed by atoms with Gasteiger partial charge in [-0.05, 0) is 117 Å². The number of anilines is 4. The summed E-state index contributed by atoms with van der Waals surface area (Å²) >= 11 is 7.74. The van der Waals surface area contributed by atoms with Crippen LogP contribution < -0.4 is 19.8 Å². The van der Waals surface area contributed by atoms with Crippen molar-refractivity contribution in [2.45, 2.75) is 60.6 Å². The second-order valence-electron chi connectivity index (χ2n) is 16.6. The van der Waals surface area contributed by atoms with Crippen LogP contribution >= 0.6 is 31.2 Å². The number of piperazine rings is 1. The Morgan fingerprint density at radius 2 is 1.46 bits per heavy atom. The lowest BCUT2D eigenvalue weighted by atomic mass is 9.96. The third kappa shape index (κ3) is 12.5. The van der Waals surface area contributed by atoms with E-state index in [2.05, 4.69) is 74.0 Å². The number of phosphoric acid groups is 1. The Labute approximate surface area is 402 Å². The van der Waals surface area contributed by atoms with Crippen LogP contribution in [0.2, 0.25) is 5.02 Å². The SMILES string of the molecule is Cc1c(CO)c(-c2cccc(N3CCN(c4ccc(NS(=O)(=O)c5ccc(N[C@H](CCOP(=O)(O)O)CSc6ccccc6)c(S(C)(=O)=O)c5)cc4)CC3)c2)c(-c2ccc(Cl)cc2)n1C(C)C. The average Bonchev–Trinajstić information content (AvgIpc) is 3.60. The van der Waals surface area contributed by atoms with Crippen molar-refractivity contribution in [2.24, 2.45) is 0 Å². The molecular weight excluding hydrogens is 953 g/mol. The first-order valence-electron chi connectivity index (χ1n) is 21.6. The number of sulfonamides is 1. The number of halogens is 1. The third-order valence-corrected chi connectivity index (χ3v) is 16.0. The number of rotatable bonds is 19. The number of aliphatic hydroxyl groups excluding tert-OH is 1. The zero-order chi connectivity index (χ0) is 48.1. The van der Waals surface area contributed by atoms with E-state index in [-0.39, 0.29) is 41.2 Å². The van der Waals surface area contributed by atoms with Crippen molar-refractivity contribution >= 4 is 73.8 Å². The van der Waals surface area contributed by atoms with Gasteiger partial charge in [-0.3, -0.25) is 9.25 Å². The molecule has 0 aliphatic carbocycles. The maximum Gasteiger partial charge on any atom is 0.469 e. The number of hydrogen-bond donors (Lipinski definition) is 5. The van der Waals surface area contributed by atoms with E-state index in [0.717, 1.165) is 75.3 Å². The van der Waals surface area contributed by atoms with Gasteiger partial charge in [0, 0.05) is 94.1 Å². The predicted molar refractivity (Wildman–Crippen MR) is 270 cm³/mol. The molecule has 1 fully saturated rings. The van der Waals surface area contributed by atoms with Crippen LogP contribution in [0.3, 0.4) is 0 Å². The molecule has 5 aromatic carbocycles. The van der Waals surface area contributed by atoms with Crippen molar-refractivity contribution in [3.05, 3.63) is 138 Å². The van der Waals surface area contributed by atoms with Gasteiger partial charge in [-0.15, -0.1) is 11.8 Å². The molecule has 5 N–H and O–H groups in total. The third-order valence-electron chi connectivity index (χ3n) is 11.6. The lowest BCUT2D eigenvalue weighted by Gasteiger charge is -2.37. The van der Waals surface area contributed by atoms with Crippen molar-refractivity contribution in [3.8, 4) is 22.4 Å². The molecule has 0 spiro atoms. The number of phosphoric ester groups is 1. The molecule has 19 heteroatoms. The van der Waals surface area contributed by atoms with Gasteiger partial charge in [-0.1, -0.05) is 54.1 Å². The fourth-order valence-corrected chi connectivity index (χ4v) is 11.9. The number of benzene rings is 5. The molecule has 1 atom stereocenters. The summed E-state index contributed by atoms with van der Waals surface area (Å²) in [6, 6.07) is 36.2. The molecule has 7 rings (SSSR count). The van der Waals surface area contributed by atoms with Gasteiger partial charge in [0.2, 0.25) is 0 Å². The second kappa shape index (κ2) is 21.2. The molecule has 0 bridgehead atoms. The van der Waals surface area contributed by atoms with Crippen molar-refractivity contribution in [3.63, 3.8) is 0 Å². The molecule has 1 aliphatic rings. The van der Waals surface area contributed by atoms with Crippen molar-refractivity contribution in [1.29, 1.82) is 0 Å². The summed E-state index contributed by atoms with van der Waals surface area (Å²) < 4.78 is 74.5. The Morgan fingerprint density at radius 3 is 2.07 bits per heavy atom. The van der Waals surface area contributed by atoms with Gasteiger partial charge in [0.05, 0.1) is 34.4 Å². The van der Waals surface area contributed by atoms with E-state index < -0.39 is 33.7 Å². The quantitative estimate of drug-likeness (QED) is 0.0381.